The molecule has 0 heterocycles. The fourth-order valence-electron chi connectivity index (χ4n) is 3.37. The first-order valence-electron chi connectivity index (χ1n) is 9.47. The maximum Gasteiger partial charge on any atom is 0.179 e. The van der Waals surface area contributed by atoms with Gasteiger partial charge in [-0.25, -0.2) is 8.42 Å². The molecule has 0 fully saturated rings. The number of anilines is 1. The summed E-state index contributed by atoms with van der Waals surface area (Å²) in [6, 6.07) is 14.6. The molecule has 0 spiro atoms. The summed E-state index contributed by atoms with van der Waals surface area (Å²) >= 11 is 0. The number of nitrogen functional groups attached to an aromatic ring is 1. The van der Waals surface area contributed by atoms with Crippen molar-refractivity contribution >= 4 is 21.8 Å². The monoisotopic (exact) mass is 387 g/mol. The van der Waals surface area contributed by atoms with Crippen LogP contribution < -0.4 is 5.73 Å². The van der Waals surface area contributed by atoms with E-state index in [9.17, 15) is 13.2 Å². The van der Waals surface area contributed by atoms with E-state index in [2.05, 4.69) is 0 Å². The van der Waals surface area contributed by atoms with Gasteiger partial charge in [0.2, 0.25) is 0 Å². The number of hydrogen-bond acceptors (Lipinski definition) is 4. The van der Waals surface area contributed by atoms with Crippen LogP contribution in [0.2, 0.25) is 0 Å². The zero-order chi connectivity index (χ0) is 19.9. The zero-order valence-electron chi connectivity index (χ0n) is 16.1. The highest BCUT2D eigenvalue weighted by Crippen LogP contribution is 2.32. The second kappa shape index (κ2) is 9.18. The highest BCUT2D eigenvalue weighted by atomic mass is 32.2. The third-order valence-electron chi connectivity index (χ3n) is 5.12. The van der Waals surface area contributed by atoms with Crippen LogP contribution in [-0.4, -0.2) is 20.5 Å². The van der Waals surface area contributed by atoms with Gasteiger partial charge in [0, 0.05) is 11.1 Å². The maximum atomic E-state index is 13.3. The van der Waals surface area contributed by atoms with Crippen molar-refractivity contribution in [3.8, 4) is 0 Å². The first-order valence-corrected chi connectivity index (χ1v) is 11.1. The van der Waals surface area contributed by atoms with Crippen molar-refractivity contribution in [1.82, 2.24) is 0 Å². The topological polar surface area (TPSA) is 77.2 Å². The van der Waals surface area contributed by atoms with Crippen molar-refractivity contribution in [2.75, 3.05) is 11.5 Å². The summed E-state index contributed by atoms with van der Waals surface area (Å²) in [5.41, 5.74) is 7.31. The minimum Gasteiger partial charge on any atom is -0.399 e. The van der Waals surface area contributed by atoms with E-state index in [1.807, 2.05) is 44.2 Å². The number of carbonyl (C=O) groups excluding carboxylic acids is 1. The van der Waals surface area contributed by atoms with E-state index in [1.54, 1.807) is 18.2 Å². The van der Waals surface area contributed by atoms with Crippen molar-refractivity contribution in [2.45, 2.75) is 50.8 Å². The van der Waals surface area contributed by atoms with E-state index >= 15 is 0 Å². The van der Waals surface area contributed by atoms with Gasteiger partial charge in [-0.05, 0) is 48.6 Å². The Morgan fingerprint density at radius 1 is 1.07 bits per heavy atom. The van der Waals surface area contributed by atoms with E-state index in [0.29, 0.717) is 30.5 Å². The molecule has 0 aliphatic carbocycles. The maximum absolute atomic E-state index is 13.3. The van der Waals surface area contributed by atoms with Gasteiger partial charge in [0.25, 0.3) is 0 Å². The number of benzene rings is 2. The third-order valence-corrected chi connectivity index (χ3v) is 7.14. The Balaban J connectivity index is 2.41. The van der Waals surface area contributed by atoms with Crippen LogP contribution in [-0.2, 0) is 21.1 Å². The van der Waals surface area contributed by atoms with E-state index in [4.69, 9.17) is 5.73 Å². The number of nitrogens with two attached hydrogens (primary N) is 1. The number of aldehydes is 1. The second-order valence-corrected chi connectivity index (χ2v) is 9.18. The summed E-state index contributed by atoms with van der Waals surface area (Å²) in [6.07, 6.45) is 4.19. The van der Waals surface area contributed by atoms with Gasteiger partial charge in [-0.3, -0.25) is 0 Å². The molecule has 2 rings (SSSR count). The minimum atomic E-state index is -3.63. The van der Waals surface area contributed by atoms with Crippen molar-refractivity contribution in [1.29, 1.82) is 0 Å². The van der Waals surface area contributed by atoms with Crippen molar-refractivity contribution < 1.29 is 13.2 Å². The predicted molar refractivity (Wildman–Crippen MR) is 110 cm³/mol. The predicted octanol–water partition coefficient (Wildman–Crippen LogP) is 4.42. The molecule has 0 radical (unpaired) electrons. The van der Waals surface area contributed by atoms with Gasteiger partial charge in [-0.15, -0.1) is 0 Å². The van der Waals surface area contributed by atoms with Crippen LogP contribution >= 0.6 is 0 Å². The van der Waals surface area contributed by atoms with Crippen LogP contribution in [0.15, 0.2) is 53.4 Å². The average molecular weight is 388 g/mol. The molecule has 146 valence electrons. The van der Waals surface area contributed by atoms with Gasteiger partial charge in [-0.2, -0.15) is 0 Å². The van der Waals surface area contributed by atoms with Gasteiger partial charge in [0.05, 0.1) is 10.6 Å². The molecular formula is C22H29NO3S. The van der Waals surface area contributed by atoms with Crippen LogP contribution in [0.4, 0.5) is 5.69 Å². The highest BCUT2D eigenvalue weighted by Gasteiger charge is 2.35. The Labute approximate surface area is 162 Å². The summed E-state index contributed by atoms with van der Waals surface area (Å²) in [5, 5.41) is 0. The Morgan fingerprint density at radius 2 is 1.78 bits per heavy atom. The molecule has 0 bridgehead atoms. The normalized spacial score (nSPS) is 13.9. The summed E-state index contributed by atoms with van der Waals surface area (Å²) in [4.78, 5) is 12.1. The molecule has 2 aromatic carbocycles. The van der Waals surface area contributed by atoms with Crippen LogP contribution in [0.5, 0.6) is 0 Å². The Morgan fingerprint density at radius 3 is 2.37 bits per heavy atom. The summed E-state index contributed by atoms with van der Waals surface area (Å²) in [6.45, 7) is 3.92. The van der Waals surface area contributed by atoms with Crippen molar-refractivity contribution in [2.24, 2.45) is 5.41 Å². The van der Waals surface area contributed by atoms with Crippen molar-refractivity contribution in [3.05, 3.63) is 59.7 Å². The first kappa shape index (κ1) is 21.2. The molecule has 0 aliphatic heterocycles. The Hall–Kier alpha value is -2.14. The van der Waals surface area contributed by atoms with Crippen LogP contribution in [0, 0.1) is 5.41 Å². The minimum absolute atomic E-state index is 0.161. The molecule has 4 nitrogen and oxygen atoms in total. The summed E-state index contributed by atoms with van der Waals surface area (Å²) < 4.78 is 26.5. The Kier molecular flexibility index (Phi) is 7.19. The fourth-order valence-corrected chi connectivity index (χ4v) is 5.50. The van der Waals surface area contributed by atoms with E-state index in [-0.39, 0.29) is 10.6 Å². The van der Waals surface area contributed by atoms with Crippen LogP contribution in [0.1, 0.15) is 50.7 Å². The second-order valence-electron chi connectivity index (χ2n) is 7.23. The van der Waals surface area contributed by atoms with E-state index < -0.39 is 15.3 Å². The lowest BCUT2D eigenvalue weighted by Crippen LogP contribution is -2.32. The largest absolute Gasteiger partial charge is 0.399 e. The number of carbonyl (C=O) groups is 1. The van der Waals surface area contributed by atoms with E-state index in [1.165, 1.54) is 0 Å². The molecule has 0 aromatic heterocycles. The van der Waals surface area contributed by atoms with Gasteiger partial charge in [0.15, 0.2) is 9.84 Å². The van der Waals surface area contributed by atoms with Gasteiger partial charge >= 0.3 is 0 Å². The molecule has 0 saturated heterocycles. The standard InChI is InChI=1S/C22H29NO3S/c1-3-5-13-22(4-2,16-24)17-27(25,26)21-12-11-20(23)15-19(21)14-18-9-7-6-8-10-18/h6-12,15-16H,3-5,13-14,17,23H2,1-2H3. The quantitative estimate of drug-likeness (QED) is 0.483. The third kappa shape index (κ3) is 5.42. The molecule has 2 N–H and O–H groups in total. The molecule has 0 aliphatic rings. The van der Waals surface area contributed by atoms with Gasteiger partial charge in [-0.1, -0.05) is 57.0 Å². The lowest BCUT2D eigenvalue weighted by molar-refractivity contribution is -0.115. The number of hydrogen-bond donors (Lipinski definition) is 1. The lowest BCUT2D eigenvalue weighted by Gasteiger charge is -2.26. The van der Waals surface area contributed by atoms with Crippen molar-refractivity contribution in [3.63, 3.8) is 0 Å². The summed E-state index contributed by atoms with van der Waals surface area (Å²) in [5.74, 6) is -0.161. The summed E-state index contributed by atoms with van der Waals surface area (Å²) in [7, 11) is -3.63. The molecule has 1 unspecified atom stereocenters. The fraction of sp³-hybridized carbons (Fsp3) is 0.409. The molecule has 2 aromatic rings. The SMILES string of the molecule is CCCCC(C=O)(CC)CS(=O)(=O)c1ccc(N)cc1Cc1ccccc1. The zero-order valence-corrected chi connectivity index (χ0v) is 17.0. The molecule has 5 heteroatoms. The molecular weight excluding hydrogens is 358 g/mol. The number of rotatable bonds is 10. The average Bonchev–Trinajstić information content (AvgIpc) is 2.66. The van der Waals surface area contributed by atoms with E-state index in [0.717, 1.165) is 24.7 Å². The molecule has 0 amide bonds. The molecule has 0 saturated carbocycles. The Bertz CT molecular complexity index is 862. The van der Waals surface area contributed by atoms with Crippen LogP contribution in [0.3, 0.4) is 0 Å². The van der Waals surface area contributed by atoms with Gasteiger partial charge < -0.3 is 10.5 Å². The molecule has 27 heavy (non-hydrogen) atoms. The van der Waals surface area contributed by atoms with Crippen LogP contribution in [0.25, 0.3) is 0 Å². The highest BCUT2D eigenvalue weighted by molar-refractivity contribution is 7.91. The smallest absolute Gasteiger partial charge is 0.179 e. The van der Waals surface area contributed by atoms with Gasteiger partial charge in [0.1, 0.15) is 6.29 Å². The molecule has 1 atom stereocenters. The number of unbranched alkanes of at least 4 members (excludes halogenated alkanes) is 1. The lowest BCUT2D eigenvalue weighted by atomic mass is 9.84. The first-order chi connectivity index (χ1) is 12.9. The number of sulfone groups is 1.